The van der Waals surface area contributed by atoms with Crippen molar-refractivity contribution in [3.63, 3.8) is 0 Å². The number of hydrogen-bond donors (Lipinski definition) is 2. The van der Waals surface area contributed by atoms with Crippen LogP contribution in [0.4, 0.5) is 10.8 Å². The third-order valence-corrected chi connectivity index (χ3v) is 3.31. The fraction of sp³-hybridized carbons (Fsp3) is 0.167. The Morgan fingerprint density at radius 2 is 2.00 bits per heavy atom. The predicted molar refractivity (Wildman–Crippen MR) is 77.9 cm³/mol. The summed E-state index contributed by atoms with van der Waals surface area (Å²) in [6.45, 7) is 4.00. The zero-order valence-corrected chi connectivity index (χ0v) is 11.3. The second-order valence-electron chi connectivity index (χ2n) is 3.69. The summed E-state index contributed by atoms with van der Waals surface area (Å²) in [6, 6.07) is 8.02. The lowest BCUT2D eigenvalue weighted by molar-refractivity contribution is 1.27. The number of aryl methyl sites for hydroxylation is 2. The average molecular weight is 263 g/mol. The molecule has 0 saturated carbocycles. The zero-order valence-electron chi connectivity index (χ0n) is 9.65. The van der Waals surface area contributed by atoms with Crippen LogP contribution in [0.3, 0.4) is 0 Å². The fourth-order valence-electron chi connectivity index (χ4n) is 1.38. The maximum absolute atomic E-state index is 5.23. The minimum absolute atomic E-state index is 0.564. The molecule has 0 aliphatic heterocycles. The van der Waals surface area contributed by atoms with Gasteiger partial charge in [-0.2, -0.15) is 0 Å². The summed E-state index contributed by atoms with van der Waals surface area (Å²) in [7, 11) is 0. The van der Waals surface area contributed by atoms with Gasteiger partial charge in [0.2, 0.25) is 0 Å². The molecule has 17 heavy (non-hydrogen) atoms. The van der Waals surface area contributed by atoms with Crippen molar-refractivity contribution in [3.05, 3.63) is 40.9 Å². The lowest BCUT2D eigenvalue weighted by atomic mass is 10.2. The number of aromatic nitrogens is 1. The second kappa shape index (κ2) is 5.25. The van der Waals surface area contributed by atoms with E-state index in [1.54, 1.807) is 11.3 Å². The van der Waals surface area contributed by atoms with E-state index in [-0.39, 0.29) is 0 Å². The van der Waals surface area contributed by atoms with Gasteiger partial charge in [0.1, 0.15) is 0 Å². The van der Waals surface area contributed by atoms with Gasteiger partial charge in [0.15, 0.2) is 10.2 Å². The largest absolute Gasteiger partial charge is 0.332 e. The van der Waals surface area contributed by atoms with Crippen molar-refractivity contribution >= 4 is 39.5 Å². The highest BCUT2D eigenvalue weighted by atomic mass is 32.1. The molecule has 0 spiro atoms. The van der Waals surface area contributed by atoms with Crippen LogP contribution in [-0.4, -0.2) is 10.1 Å². The maximum atomic E-state index is 5.23. The van der Waals surface area contributed by atoms with Gasteiger partial charge >= 0.3 is 0 Å². The molecule has 3 nitrogen and oxygen atoms in total. The Bertz CT molecular complexity index is 534. The monoisotopic (exact) mass is 263 g/mol. The van der Waals surface area contributed by atoms with E-state index in [1.807, 2.05) is 43.5 Å². The van der Waals surface area contributed by atoms with Crippen molar-refractivity contribution in [2.45, 2.75) is 13.8 Å². The molecule has 1 aromatic heterocycles. The van der Waals surface area contributed by atoms with Crippen LogP contribution in [0.5, 0.6) is 0 Å². The predicted octanol–water partition coefficient (Wildman–Crippen LogP) is 3.57. The first kappa shape index (κ1) is 12.0. The second-order valence-corrected chi connectivity index (χ2v) is 4.95. The topological polar surface area (TPSA) is 37.0 Å². The van der Waals surface area contributed by atoms with Gasteiger partial charge in [-0.25, -0.2) is 4.98 Å². The van der Waals surface area contributed by atoms with Crippen molar-refractivity contribution in [1.82, 2.24) is 4.98 Å². The Morgan fingerprint density at radius 3 is 2.65 bits per heavy atom. The van der Waals surface area contributed by atoms with Gasteiger partial charge in [-0.3, -0.25) is 0 Å². The van der Waals surface area contributed by atoms with Crippen molar-refractivity contribution in [3.8, 4) is 0 Å². The lowest BCUT2D eigenvalue weighted by Gasteiger charge is -2.10. The number of hydrogen-bond acceptors (Lipinski definition) is 3. The molecular formula is C12H13N3S2. The number of anilines is 2. The number of nitrogens with zero attached hydrogens (tertiary/aromatic N) is 1. The molecule has 0 amide bonds. The summed E-state index contributed by atoms with van der Waals surface area (Å²) in [6.07, 6.45) is 0. The molecule has 88 valence electrons. The van der Waals surface area contributed by atoms with Crippen LogP contribution < -0.4 is 10.6 Å². The normalized spacial score (nSPS) is 10.0. The van der Waals surface area contributed by atoms with Crippen LogP contribution in [0, 0.1) is 13.8 Å². The molecule has 0 fully saturated rings. The highest BCUT2D eigenvalue weighted by Crippen LogP contribution is 2.16. The molecule has 1 aromatic carbocycles. The quantitative estimate of drug-likeness (QED) is 0.812. The number of para-hydroxylation sites is 1. The summed E-state index contributed by atoms with van der Waals surface area (Å²) < 4.78 is 0. The van der Waals surface area contributed by atoms with E-state index in [4.69, 9.17) is 12.2 Å². The molecule has 0 radical (unpaired) electrons. The molecule has 2 N–H and O–H groups in total. The first-order valence-electron chi connectivity index (χ1n) is 5.21. The standard InChI is InChI=1S/C12H13N3S2/c1-8-5-3-4-6-10(8)14-11(16)15-12-13-9(2)7-17-12/h3-7H,1-2H3,(H2,13,14,15,16). The van der Waals surface area contributed by atoms with Gasteiger partial charge in [-0.1, -0.05) is 18.2 Å². The van der Waals surface area contributed by atoms with Crippen LogP contribution in [-0.2, 0) is 0 Å². The first-order chi connectivity index (χ1) is 8.15. The van der Waals surface area contributed by atoms with Crippen molar-refractivity contribution in [1.29, 1.82) is 0 Å². The maximum Gasteiger partial charge on any atom is 0.189 e. The number of nitrogens with one attached hydrogen (secondary N) is 2. The molecular weight excluding hydrogens is 250 g/mol. The molecule has 0 atom stereocenters. The summed E-state index contributed by atoms with van der Waals surface area (Å²) in [4.78, 5) is 4.29. The SMILES string of the molecule is Cc1csc(NC(=S)Nc2ccccc2C)n1. The average Bonchev–Trinajstić information content (AvgIpc) is 2.67. The molecule has 1 heterocycles. The number of benzene rings is 1. The van der Waals surface area contributed by atoms with Gasteiger partial charge < -0.3 is 10.6 Å². The van der Waals surface area contributed by atoms with E-state index in [0.29, 0.717) is 5.11 Å². The van der Waals surface area contributed by atoms with Gasteiger partial charge in [0.05, 0.1) is 5.69 Å². The lowest BCUT2D eigenvalue weighted by Crippen LogP contribution is -2.19. The summed E-state index contributed by atoms with van der Waals surface area (Å²) in [5, 5.41) is 9.58. The molecule has 0 aliphatic rings. The Morgan fingerprint density at radius 1 is 1.24 bits per heavy atom. The number of thiazole rings is 1. The van der Waals surface area contributed by atoms with Gasteiger partial charge in [0.25, 0.3) is 0 Å². The van der Waals surface area contributed by atoms with E-state index in [9.17, 15) is 0 Å². The minimum Gasteiger partial charge on any atom is -0.332 e. The van der Waals surface area contributed by atoms with E-state index in [2.05, 4.69) is 15.6 Å². The van der Waals surface area contributed by atoms with Crippen LogP contribution in [0.15, 0.2) is 29.6 Å². The van der Waals surface area contributed by atoms with Gasteiger partial charge in [-0.15, -0.1) is 11.3 Å². The molecule has 2 aromatic rings. The Balaban J connectivity index is 2.01. The minimum atomic E-state index is 0.564. The molecule has 0 unspecified atom stereocenters. The van der Waals surface area contributed by atoms with Gasteiger partial charge in [-0.05, 0) is 37.7 Å². The van der Waals surface area contributed by atoms with Crippen LogP contribution in [0.1, 0.15) is 11.3 Å². The van der Waals surface area contributed by atoms with Crippen LogP contribution in [0.2, 0.25) is 0 Å². The smallest absolute Gasteiger partial charge is 0.189 e. The number of rotatable bonds is 2. The zero-order chi connectivity index (χ0) is 12.3. The van der Waals surface area contributed by atoms with Crippen molar-refractivity contribution in [2.24, 2.45) is 0 Å². The molecule has 0 aliphatic carbocycles. The highest BCUT2D eigenvalue weighted by molar-refractivity contribution is 7.80. The van der Waals surface area contributed by atoms with Crippen LogP contribution in [0.25, 0.3) is 0 Å². The van der Waals surface area contributed by atoms with Gasteiger partial charge in [0, 0.05) is 11.1 Å². The summed E-state index contributed by atoms with van der Waals surface area (Å²) in [5.74, 6) is 0. The summed E-state index contributed by atoms with van der Waals surface area (Å²) in [5.41, 5.74) is 3.17. The third kappa shape index (κ3) is 3.25. The molecule has 0 bridgehead atoms. The van der Waals surface area contributed by atoms with E-state index >= 15 is 0 Å². The van der Waals surface area contributed by atoms with Crippen molar-refractivity contribution < 1.29 is 0 Å². The highest BCUT2D eigenvalue weighted by Gasteiger charge is 2.03. The van der Waals surface area contributed by atoms with E-state index in [1.165, 1.54) is 0 Å². The number of thiocarbonyl (C=S) groups is 1. The molecule has 5 heteroatoms. The fourth-order valence-corrected chi connectivity index (χ4v) is 2.34. The first-order valence-corrected chi connectivity index (χ1v) is 6.50. The Labute approximate surface area is 110 Å². The van der Waals surface area contributed by atoms with Crippen LogP contribution >= 0.6 is 23.6 Å². The third-order valence-electron chi connectivity index (χ3n) is 2.23. The molecule has 0 saturated heterocycles. The van der Waals surface area contributed by atoms with E-state index < -0.39 is 0 Å². The Kier molecular flexibility index (Phi) is 3.71. The van der Waals surface area contributed by atoms with Crippen molar-refractivity contribution in [2.75, 3.05) is 10.6 Å². The molecule has 2 rings (SSSR count). The Hall–Kier alpha value is -1.46. The van der Waals surface area contributed by atoms with E-state index in [0.717, 1.165) is 22.1 Å². The summed E-state index contributed by atoms with van der Waals surface area (Å²) >= 11 is 6.77.